The number of benzene rings is 1. The maximum atomic E-state index is 12.8. The van der Waals surface area contributed by atoms with E-state index in [0.29, 0.717) is 19.5 Å². The number of nitrogens with one attached hydrogen (secondary N) is 1. The summed E-state index contributed by atoms with van der Waals surface area (Å²) >= 11 is 0. The van der Waals surface area contributed by atoms with Crippen molar-refractivity contribution in [2.45, 2.75) is 39.7 Å². The Hall–Kier alpha value is -2.87. The molecule has 5 heteroatoms. The molecule has 1 heterocycles. The highest BCUT2D eigenvalue weighted by atomic mass is 16.2. The Kier molecular flexibility index (Phi) is 6.97. The second-order valence-electron chi connectivity index (χ2n) is 5.82. The van der Waals surface area contributed by atoms with Crippen LogP contribution in [-0.2, 0) is 19.4 Å². The standard InChI is InChI=1S/C20H24N4O/c1-3-16-8-9-18(4-2)19(13-16)23-20(25)24(12-6-10-21)15-17-7-5-11-22-14-17/h5,7-9,11,13-14H,3-4,6,12,15H2,1-2H3,(H,23,25). The van der Waals surface area contributed by atoms with Gasteiger partial charge in [-0.3, -0.25) is 4.98 Å². The predicted octanol–water partition coefficient (Wildman–Crippen LogP) is 4.15. The predicted molar refractivity (Wildman–Crippen MR) is 99.1 cm³/mol. The van der Waals surface area contributed by atoms with Gasteiger partial charge in [0.05, 0.1) is 12.5 Å². The molecule has 0 aliphatic rings. The molecule has 5 nitrogen and oxygen atoms in total. The monoisotopic (exact) mass is 336 g/mol. The van der Waals surface area contributed by atoms with Crippen LogP contribution in [-0.4, -0.2) is 22.5 Å². The maximum Gasteiger partial charge on any atom is 0.322 e. The van der Waals surface area contributed by atoms with Crippen molar-refractivity contribution < 1.29 is 4.79 Å². The van der Waals surface area contributed by atoms with Gasteiger partial charge in [0.2, 0.25) is 0 Å². The van der Waals surface area contributed by atoms with Crippen LogP contribution in [0.2, 0.25) is 0 Å². The van der Waals surface area contributed by atoms with Gasteiger partial charge in [-0.15, -0.1) is 0 Å². The molecule has 1 aromatic carbocycles. The molecule has 2 amide bonds. The molecule has 1 N–H and O–H groups in total. The van der Waals surface area contributed by atoms with E-state index in [9.17, 15) is 4.79 Å². The molecule has 1 aromatic heterocycles. The number of carbonyl (C=O) groups excluding carboxylic acids is 1. The number of rotatable bonds is 7. The Bertz CT molecular complexity index is 737. The number of nitrogens with zero attached hydrogens (tertiary/aromatic N) is 3. The summed E-state index contributed by atoms with van der Waals surface area (Å²) in [6.07, 6.45) is 5.50. The molecular weight excluding hydrogens is 312 g/mol. The molecule has 0 spiro atoms. The summed E-state index contributed by atoms with van der Waals surface area (Å²) in [6.45, 7) is 4.97. The van der Waals surface area contributed by atoms with Crippen LogP contribution in [0, 0.1) is 11.3 Å². The maximum absolute atomic E-state index is 12.8. The van der Waals surface area contributed by atoms with Gasteiger partial charge in [-0.1, -0.05) is 32.0 Å². The minimum Gasteiger partial charge on any atom is -0.319 e. The van der Waals surface area contributed by atoms with Crippen LogP contribution in [0.1, 0.15) is 37.0 Å². The van der Waals surface area contributed by atoms with E-state index in [1.54, 1.807) is 17.3 Å². The average molecular weight is 336 g/mol. The lowest BCUT2D eigenvalue weighted by atomic mass is 10.1. The third-order valence-electron chi connectivity index (χ3n) is 4.08. The highest BCUT2D eigenvalue weighted by Gasteiger charge is 2.15. The van der Waals surface area contributed by atoms with E-state index in [4.69, 9.17) is 5.26 Å². The minimum absolute atomic E-state index is 0.193. The zero-order chi connectivity index (χ0) is 18.1. The third kappa shape index (κ3) is 5.32. The van der Waals surface area contributed by atoms with Crippen LogP contribution in [0.3, 0.4) is 0 Å². The molecule has 130 valence electrons. The van der Waals surface area contributed by atoms with Crippen molar-refractivity contribution in [2.24, 2.45) is 0 Å². The van der Waals surface area contributed by atoms with Gasteiger partial charge in [-0.25, -0.2) is 4.79 Å². The summed E-state index contributed by atoms with van der Waals surface area (Å²) in [5, 5.41) is 11.9. The Morgan fingerprint density at radius 1 is 1.24 bits per heavy atom. The van der Waals surface area contributed by atoms with Crippen LogP contribution in [0.25, 0.3) is 0 Å². The van der Waals surface area contributed by atoms with Crippen molar-refractivity contribution in [1.82, 2.24) is 9.88 Å². The van der Waals surface area contributed by atoms with E-state index in [1.807, 2.05) is 18.2 Å². The number of aromatic nitrogens is 1. The summed E-state index contributed by atoms with van der Waals surface area (Å²) in [6, 6.07) is 11.9. The Labute approximate surface area is 149 Å². The lowest BCUT2D eigenvalue weighted by Gasteiger charge is -2.23. The Balaban J connectivity index is 2.17. The molecule has 2 rings (SSSR count). The largest absolute Gasteiger partial charge is 0.322 e. The fraction of sp³-hybridized carbons (Fsp3) is 0.350. The fourth-order valence-electron chi connectivity index (χ4n) is 2.61. The lowest BCUT2D eigenvalue weighted by Crippen LogP contribution is -2.35. The summed E-state index contributed by atoms with van der Waals surface area (Å²) in [5.41, 5.74) is 4.07. The molecule has 2 aromatic rings. The highest BCUT2D eigenvalue weighted by molar-refractivity contribution is 5.90. The number of anilines is 1. The normalized spacial score (nSPS) is 10.1. The molecule has 0 aliphatic carbocycles. The topological polar surface area (TPSA) is 69.0 Å². The SMILES string of the molecule is CCc1ccc(CC)c(NC(=O)N(CCC#N)Cc2cccnc2)c1. The van der Waals surface area contributed by atoms with Crippen molar-refractivity contribution in [3.63, 3.8) is 0 Å². The van der Waals surface area contributed by atoms with Crippen molar-refractivity contribution in [3.05, 3.63) is 59.4 Å². The second-order valence-corrected chi connectivity index (χ2v) is 5.82. The van der Waals surface area contributed by atoms with Crippen molar-refractivity contribution in [2.75, 3.05) is 11.9 Å². The molecule has 0 saturated carbocycles. The number of urea groups is 1. The number of hydrogen-bond donors (Lipinski definition) is 1. The van der Waals surface area contributed by atoms with Gasteiger partial charge in [0.1, 0.15) is 0 Å². The molecule has 0 aliphatic heterocycles. The van der Waals surface area contributed by atoms with Crippen molar-refractivity contribution >= 4 is 11.7 Å². The van der Waals surface area contributed by atoms with E-state index < -0.39 is 0 Å². The van der Waals surface area contributed by atoms with E-state index in [-0.39, 0.29) is 6.03 Å². The quantitative estimate of drug-likeness (QED) is 0.825. The van der Waals surface area contributed by atoms with Crippen LogP contribution in [0.4, 0.5) is 10.5 Å². The van der Waals surface area contributed by atoms with Gasteiger partial charge in [-0.2, -0.15) is 5.26 Å². The number of pyridine rings is 1. The van der Waals surface area contributed by atoms with Crippen LogP contribution in [0.15, 0.2) is 42.7 Å². The second kappa shape index (κ2) is 9.43. The van der Waals surface area contributed by atoms with Crippen molar-refractivity contribution in [1.29, 1.82) is 5.26 Å². The molecule has 0 radical (unpaired) electrons. The fourth-order valence-corrected chi connectivity index (χ4v) is 2.61. The molecule has 0 saturated heterocycles. The van der Waals surface area contributed by atoms with Crippen LogP contribution < -0.4 is 5.32 Å². The van der Waals surface area contributed by atoms with Gasteiger partial charge in [0.15, 0.2) is 0 Å². The molecule has 0 atom stereocenters. The number of nitriles is 1. The molecule has 0 unspecified atom stereocenters. The Morgan fingerprint density at radius 2 is 2.08 bits per heavy atom. The van der Waals surface area contributed by atoms with Gasteiger partial charge >= 0.3 is 6.03 Å². The first-order chi connectivity index (χ1) is 12.2. The summed E-state index contributed by atoms with van der Waals surface area (Å²) in [5.74, 6) is 0. The molecule has 0 fully saturated rings. The van der Waals surface area contributed by atoms with E-state index in [2.05, 4.69) is 42.4 Å². The lowest BCUT2D eigenvalue weighted by molar-refractivity contribution is 0.210. The third-order valence-corrected chi connectivity index (χ3v) is 4.08. The highest BCUT2D eigenvalue weighted by Crippen LogP contribution is 2.20. The van der Waals surface area contributed by atoms with E-state index in [0.717, 1.165) is 29.7 Å². The van der Waals surface area contributed by atoms with E-state index in [1.165, 1.54) is 5.56 Å². The average Bonchev–Trinajstić information content (AvgIpc) is 2.65. The number of aryl methyl sites for hydroxylation is 2. The first-order valence-corrected chi connectivity index (χ1v) is 8.61. The number of hydrogen-bond acceptors (Lipinski definition) is 3. The molecular formula is C20H24N4O. The van der Waals surface area contributed by atoms with Crippen molar-refractivity contribution in [3.8, 4) is 6.07 Å². The van der Waals surface area contributed by atoms with E-state index >= 15 is 0 Å². The van der Waals surface area contributed by atoms with Gasteiger partial charge in [-0.05, 0) is 41.7 Å². The summed E-state index contributed by atoms with van der Waals surface area (Å²) in [4.78, 5) is 18.5. The van der Waals surface area contributed by atoms with Crippen LogP contribution in [0.5, 0.6) is 0 Å². The smallest absolute Gasteiger partial charge is 0.319 e. The molecule has 25 heavy (non-hydrogen) atoms. The van der Waals surface area contributed by atoms with Crippen LogP contribution >= 0.6 is 0 Å². The zero-order valence-corrected chi connectivity index (χ0v) is 14.8. The first kappa shape index (κ1) is 18.5. The van der Waals surface area contributed by atoms with Gasteiger partial charge in [0, 0.05) is 31.2 Å². The van der Waals surface area contributed by atoms with Gasteiger partial charge in [0.25, 0.3) is 0 Å². The van der Waals surface area contributed by atoms with Gasteiger partial charge < -0.3 is 10.2 Å². The number of amides is 2. The zero-order valence-electron chi connectivity index (χ0n) is 14.8. The number of carbonyl (C=O) groups is 1. The first-order valence-electron chi connectivity index (χ1n) is 8.61. The minimum atomic E-state index is -0.193. The summed E-state index contributed by atoms with van der Waals surface area (Å²) in [7, 11) is 0. The Morgan fingerprint density at radius 3 is 2.72 bits per heavy atom. The summed E-state index contributed by atoms with van der Waals surface area (Å²) < 4.78 is 0. The molecule has 0 bridgehead atoms.